The van der Waals surface area contributed by atoms with Crippen molar-refractivity contribution in [1.82, 2.24) is 4.90 Å². The number of aliphatic hydroxyl groups excluding tert-OH is 1. The van der Waals surface area contributed by atoms with E-state index < -0.39 is 0 Å². The average Bonchev–Trinajstić information content (AvgIpc) is 2.64. The van der Waals surface area contributed by atoms with Crippen LogP contribution in [0.1, 0.15) is 11.1 Å². The van der Waals surface area contributed by atoms with E-state index in [1.54, 1.807) is 4.90 Å². The highest BCUT2D eigenvalue weighted by atomic mass is 16.6. The largest absolute Gasteiger partial charge is 0.445 e. The molecule has 0 aliphatic carbocycles. The fourth-order valence-electron chi connectivity index (χ4n) is 2.19. The Kier molecular flexibility index (Phi) is 7.80. The molecular weight excluding hydrogens is 306 g/mol. The van der Waals surface area contributed by atoms with Gasteiger partial charge in [0.25, 0.3) is 0 Å². The number of rotatable bonds is 9. The Morgan fingerprint density at radius 3 is 2.17 bits per heavy atom. The molecule has 2 rings (SSSR count). The van der Waals surface area contributed by atoms with E-state index in [2.05, 4.69) is 0 Å². The highest BCUT2D eigenvalue weighted by Gasteiger charge is 2.15. The van der Waals surface area contributed by atoms with Crippen LogP contribution in [-0.4, -0.2) is 42.5 Å². The molecule has 2 aromatic carbocycles. The molecule has 5 nitrogen and oxygen atoms in total. The fraction of sp³-hybridized carbons (Fsp3) is 0.316. The van der Waals surface area contributed by atoms with E-state index in [9.17, 15) is 4.79 Å². The molecule has 0 fully saturated rings. The van der Waals surface area contributed by atoms with E-state index in [0.717, 1.165) is 11.1 Å². The predicted molar refractivity (Wildman–Crippen MR) is 91.4 cm³/mol. The third-order valence-corrected chi connectivity index (χ3v) is 3.42. The maximum atomic E-state index is 12.4. The van der Waals surface area contributed by atoms with Crippen molar-refractivity contribution in [3.63, 3.8) is 0 Å². The van der Waals surface area contributed by atoms with E-state index in [1.807, 2.05) is 60.7 Å². The lowest BCUT2D eigenvalue weighted by Crippen LogP contribution is -2.34. The van der Waals surface area contributed by atoms with Gasteiger partial charge in [0.05, 0.1) is 19.8 Å². The lowest BCUT2D eigenvalue weighted by Gasteiger charge is -2.22. The van der Waals surface area contributed by atoms with Crippen molar-refractivity contribution in [2.45, 2.75) is 13.2 Å². The summed E-state index contributed by atoms with van der Waals surface area (Å²) in [6, 6.07) is 19.3. The molecule has 1 amide bonds. The summed E-state index contributed by atoms with van der Waals surface area (Å²) < 4.78 is 10.7. The van der Waals surface area contributed by atoms with Crippen molar-refractivity contribution in [3.05, 3.63) is 71.8 Å². The molecule has 0 unspecified atom stereocenters. The Morgan fingerprint density at radius 1 is 0.917 bits per heavy atom. The number of carbonyl (C=O) groups is 1. The molecule has 0 spiro atoms. The van der Waals surface area contributed by atoms with Crippen LogP contribution in [0.5, 0.6) is 0 Å². The Bertz CT molecular complexity index is 589. The van der Waals surface area contributed by atoms with Crippen molar-refractivity contribution in [3.8, 4) is 0 Å². The second kappa shape index (κ2) is 10.4. The zero-order valence-electron chi connectivity index (χ0n) is 13.6. The van der Waals surface area contributed by atoms with Gasteiger partial charge in [-0.15, -0.1) is 0 Å². The van der Waals surface area contributed by atoms with E-state index in [4.69, 9.17) is 14.6 Å². The van der Waals surface area contributed by atoms with Gasteiger partial charge in [0.15, 0.2) is 0 Å². The van der Waals surface area contributed by atoms with Gasteiger partial charge in [-0.05, 0) is 11.1 Å². The van der Waals surface area contributed by atoms with Crippen molar-refractivity contribution in [2.75, 3.05) is 26.4 Å². The van der Waals surface area contributed by atoms with Gasteiger partial charge >= 0.3 is 6.09 Å². The Labute approximate surface area is 142 Å². The van der Waals surface area contributed by atoms with Gasteiger partial charge in [-0.3, -0.25) is 0 Å². The lowest BCUT2D eigenvalue weighted by atomic mass is 10.2. The molecule has 0 aromatic heterocycles. The SMILES string of the molecule is O=C(OCc1ccccc1)N(CCOCCO)Cc1ccccc1. The predicted octanol–water partition coefficient (Wildman–Crippen LogP) is 2.83. The number of ether oxygens (including phenoxy) is 2. The molecule has 24 heavy (non-hydrogen) atoms. The summed E-state index contributed by atoms with van der Waals surface area (Å²) >= 11 is 0. The van der Waals surface area contributed by atoms with Gasteiger partial charge < -0.3 is 19.5 Å². The topological polar surface area (TPSA) is 59.0 Å². The summed E-state index contributed by atoms with van der Waals surface area (Å²) in [7, 11) is 0. The Hall–Kier alpha value is -2.37. The van der Waals surface area contributed by atoms with Crippen molar-refractivity contribution in [1.29, 1.82) is 0 Å². The third kappa shape index (κ3) is 6.40. The van der Waals surface area contributed by atoms with Crippen molar-refractivity contribution >= 4 is 6.09 Å². The number of benzene rings is 2. The monoisotopic (exact) mass is 329 g/mol. The zero-order valence-corrected chi connectivity index (χ0v) is 13.6. The first-order valence-corrected chi connectivity index (χ1v) is 7.98. The third-order valence-electron chi connectivity index (χ3n) is 3.42. The molecule has 1 N–H and O–H groups in total. The molecule has 2 aromatic rings. The Balaban J connectivity index is 1.91. The van der Waals surface area contributed by atoms with Crippen LogP contribution in [0, 0.1) is 0 Å². The summed E-state index contributed by atoms with van der Waals surface area (Å²) in [5.74, 6) is 0. The highest BCUT2D eigenvalue weighted by molar-refractivity contribution is 5.67. The molecule has 0 aliphatic rings. The normalized spacial score (nSPS) is 10.4. The standard InChI is InChI=1S/C19H23NO4/c21-12-14-23-13-11-20(15-17-7-3-1-4-8-17)19(22)24-16-18-9-5-2-6-10-18/h1-10,21H,11-16H2. The quantitative estimate of drug-likeness (QED) is 0.719. The number of nitrogens with zero attached hydrogens (tertiary/aromatic N) is 1. The van der Waals surface area contributed by atoms with Gasteiger partial charge in [0.2, 0.25) is 0 Å². The van der Waals surface area contributed by atoms with Gasteiger partial charge in [-0.25, -0.2) is 4.79 Å². The maximum Gasteiger partial charge on any atom is 0.410 e. The first-order chi connectivity index (χ1) is 11.8. The molecular formula is C19H23NO4. The van der Waals surface area contributed by atoms with Crippen LogP contribution in [0.3, 0.4) is 0 Å². The summed E-state index contributed by atoms with van der Waals surface area (Å²) in [6.45, 7) is 1.69. The summed E-state index contributed by atoms with van der Waals surface area (Å²) in [5, 5.41) is 8.76. The minimum Gasteiger partial charge on any atom is -0.445 e. The minimum atomic E-state index is -0.379. The second-order valence-electron chi connectivity index (χ2n) is 5.28. The van der Waals surface area contributed by atoms with Gasteiger partial charge in [-0.1, -0.05) is 60.7 Å². The smallest absolute Gasteiger partial charge is 0.410 e. The van der Waals surface area contributed by atoms with Crippen molar-refractivity contribution < 1.29 is 19.4 Å². The van der Waals surface area contributed by atoms with E-state index >= 15 is 0 Å². The van der Waals surface area contributed by atoms with Gasteiger partial charge in [0, 0.05) is 13.1 Å². The second-order valence-corrected chi connectivity index (χ2v) is 5.28. The minimum absolute atomic E-state index is 0.0306. The van der Waals surface area contributed by atoms with Gasteiger partial charge in [0.1, 0.15) is 6.61 Å². The highest BCUT2D eigenvalue weighted by Crippen LogP contribution is 2.08. The van der Waals surface area contributed by atoms with Gasteiger partial charge in [-0.2, -0.15) is 0 Å². The van der Waals surface area contributed by atoms with E-state index in [-0.39, 0.29) is 25.9 Å². The lowest BCUT2D eigenvalue weighted by molar-refractivity contribution is 0.0566. The first-order valence-electron chi connectivity index (χ1n) is 7.98. The fourth-order valence-corrected chi connectivity index (χ4v) is 2.19. The van der Waals surface area contributed by atoms with Crippen LogP contribution in [-0.2, 0) is 22.6 Å². The average molecular weight is 329 g/mol. The summed E-state index contributed by atoms with van der Waals surface area (Å²) in [5.41, 5.74) is 1.97. The molecule has 0 bridgehead atoms. The number of aliphatic hydroxyl groups is 1. The first kappa shape index (κ1) is 18.0. The Morgan fingerprint density at radius 2 is 1.54 bits per heavy atom. The maximum absolute atomic E-state index is 12.4. The molecule has 0 radical (unpaired) electrons. The molecule has 0 aliphatic heterocycles. The number of amides is 1. The number of carbonyl (C=O) groups excluding carboxylic acids is 1. The molecule has 0 saturated carbocycles. The van der Waals surface area contributed by atoms with E-state index in [0.29, 0.717) is 19.7 Å². The van der Waals surface area contributed by atoms with Crippen LogP contribution in [0.25, 0.3) is 0 Å². The van der Waals surface area contributed by atoms with Crippen LogP contribution in [0.4, 0.5) is 4.79 Å². The molecule has 0 saturated heterocycles. The molecule has 0 atom stereocenters. The molecule has 128 valence electrons. The van der Waals surface area contributed by atoms with Crippen LogP contribution < -0.4 is 0 Å². The van der Waals surface area contributed by atoms with E-state index in [1.165, 1.54) is 0 Å². The number of hydrogen-bond donors (Lipinski definition) is 1. The zero-order chi connectivity index (χ0) is 17.0. The summed E-state index contributed by atoms with van der Waals surface area (Å²) in [6.07, 6.45) is -0.379. The van der Waals surface area contributed by atoms with Crippen LogP contribution in [0.15, 0.2) is 60.7 Å². The van der Waals surface area contributed by atoms with Crippen molar-refractivity contribution in [2.24, 2.45) is 0 Å². The summed E-state index contributed by atoms with van der Waals surface area (Å²) in [4.78, 5) is 14.0. The van der Waals surface area contributed by atoms with Crippen LogP contribution >= 0.6 is 0 Å². The number of hydrogen-bond acceptors (Lipinski definition) is 4. The van der Waals surface area contributed by atoms with Crippen LogP contribution in [0.2, 0.25) is 0 Å². The molecule has 5 heteroatoms. The molecule has 0 heterocycles.